The molecule has 4 aliphatic carbocycles. The molecule has 0 aromatic carbocycles. The van der Waals surface area contributed by atoms with Crippen molar-refractivity contribution in [3.05, 3.63) is 11.6 Å². The van der Waals surface area contributed by atoms with Gasteiger partial charge < -0.3 is 29.9 Å². The van der Waals surface area contributed by atoms with Crippen LogP contribution in [0.3, 0.4) is 0 Å². The molecule has 0 spiro atoms. The first-order valence-electron chi connectivity index (χ1n) is 12.8. The zero-order valence-corrected chi connectivity index (χ0v) is 20.0. The van der Waals surface area contributed by atoms with Crippen LogP contribution in [0.4, 0.5) is 0 Å². The standard InChI is InChI=1S/C26H40O7/c1-13-10-14-11-15(28)4-5-16(14)17-6-8-25(2)18(20(13)17)7-9-26(25,3)33-24-23(31)22(30)21(29)19(12-27)32-24/h11,13,16-24,27,29-31H,4-10,12H2,1-3H3/t13-,16+,17-,18+,19+,20-,21+,22-,23+,24-,25+,26+/m1/s1. The lowest BCUT2D eigenvalue weighted by atomic mass is 9.48. The molecule has 4 N–H and O–H groups in total. The van der Waals surface area contributed by atoms with Crippen LogP contribution < -0.4 is 0 Å². The fourth-order valence-corrected chi connectivity index (χ4v) is 8.43. The molecule has 1 heterocycles. The van der Waals surface area contributed by atoms with Gasteiger partial charge in [-0.15, -0.1) is 0 Å². The van der Waals surface area contributed by atoms with E-state index in [1.54, 1.807) is 0 Å². The fraction of sp³-hybridized carbons (Fsp3) is 0.885. The number of carbonyl (C=O) groups excluding carboxylic acids is 1. The van der Waals surface area contributed by atoms with E-state index in [9.17, 15) is 25.2 Å². The second-order valence-electron chi connectivity index (χ2n) is 11.9. The van der Waals surface area contributed by atoms with E-state index < -0.39 is 42.9 Å². The molecule has 0 bridgehead atoms. The van der Waals surface area contributed by atoms with Crippen molar-refractivity contribution in [2.24, 2.45) is 35.0 Å². The van der Waals surface area contributed by atoms with Crippen LogP contribution in [-0.4, -0.2) is 69.1 Å². The minimum Gasteiger partial charge on any atom is -0.394 e. The Morgan fingerprint density at radius 1 is 1.09 bits per heavy atom. The Labute approximate surface area is 196 Å². The largest absolute Gasteiger partial charge is 0.394 e. The molecule has 12 atom stereocenters. The van der Waals surface area contributed by atoms with E-state index in [0.717, 1.165) is 38.5 Å². The minimum absolute atomic E-state index is 0.104. The molecule has 186 valence electrons. The van der Waals surface area contributed by atoms with Gasteiger partial charge in [-0.2, -0.15) is 0 Å². The minimum atomic E-state index is -1.43. The zero-order valence-electron chi connectivity index (χ0n) is 20.0. The number of allylic oxidation sites excluding steroid dienone is 1. The van der Waals surface area contributed by atoms with Gasteiger partial charge in [0, 0.05) is 6.42 Å². The van der Waals surface area contributed by atoms with Crippen molar-refractivity contribution in [3.63, 3.8) is 0 Å². The summed E-state index contributed by atoms with van der Waals surface area (Å²) in [6.07, 6.45) is 2.36. The quantitative estimate of drug-likeness (QED) is 0.504. The van der Waals surface area contributed by atoms with Crippen molar-refractivity contribution in [1.82, 2.24) is 0 Å². The van der Waals surface area contributed by atoms with Crippen LogP contribution in [0.5, 0.6) is 0 Å². The lowest BCUT2D eigenvalue weighted by molar-refractivity contribution is -0.338. The Bertz CT molecular complexity index is 810. The molecule has 7 heteroatoms. The molecule has 0 unspecified atom stereocenters. The van der Waals surface area contributed by atoms with Gasteiger partial charge in [-0.1, -0.05) is 19.4 Å². The molecule has 0 aromatic rings. The number of carbonyl (C=O) groups is 1. The summed E-state index contributed by atoms with van der Waals surface area (Å²) in [6.45, 7) is 6.30. The number of fused-ring (bicyclic) bond motifs is 5. The number of aliphatic hydroxyl groups is 4. The highest BCUT2D eigenvalue weighted by Crippen LogP contribution is 2.67. The highest BCUT2D eigenvalue weighted by molar-refractivity contribution is 5.91. The van der Waals surface area contributed by atoms with Gasteiger partial charge in [0.1, 0.15) is 24.4 Å². The molecule has 0 radical (unpaired) electrons. The van der Waals surface area contributed by atoms with Crippen LogP contribution in [0.15, 0.2) is 11.6 Å². The maximum atomic E-state index is 12.0. The van der Waals surface area contributed by atoms with Gasteiger partial charge in [0.05, 0.1) is 12.2 Å². The van der Waals surface area contributed by atoms with Gasteiger partial charge in [-0.05, 0) is 86.5 Å². The second-order valence-corrected chi connectivity index (χ2v) is 11.9. The van der Waals surface area contributed by atoms with Crippen LogP contribution in [0.1, 0.15) is 65.7 Å². The van der Waals surface area contributed by atoms with E-state index in [-0.39, 0.29) is 11.2 Å². The molecule has 1 aliphatic heterocycles. The van der Waals surface area contributed by atoms with Crippen molar-refractivity contribution in [2.75, 3.05) is 6.61 Å². The van der Waals surface area contributed by atoms with E-state index in [0.29, 0.717) is 36.0 Å². The molecular weight excluding hydrogens is 424 g/mol. The van der Waals surface area contributed by atoms with Crippen molar-refractivity contribution < 1.29 is 34.7 Å². The zero-order chi connectivity index (χ0) is 23.7. The van der Waals surface area contributed by atoms with Crippen LogP contribution in [0.25, 0.3) is 0 Å². The monoisotopic (exact) mass is 464 g/mol. The smallest absolute Gasteiger partial charge is 0.187 e. The molecule has 4 fully saturated rings. The highest BCUT2D eigenvalue weighted by atomic mass is 16.7. The van der Waals surface area contributed by atoms with E-state index in [2.05, 4.69) is 20.8 Å². The fourth-order valence-electron chi connectivity index (χ4n) is 8.43. The van der Waals surface area contributed by atoms with Crippen LogP contribution in [0.2, 0.25) is 0 Å². The molecule has 33 heavy (non-hydrogen) atoms. The molecule has 0 amide bonds. The van der Waals surface area contributed by atoms with Crippen LogP contribution in [0, 0.1) is 35.0 Å². The number of aliphatic hydroxyl groups excluding tert-OH is 4. The Morgan fingerprint density at radius 2 is 1.85 bits per heavy atom. The summed E-state index contributed by atoms with van der Waals surface area (Å²) in [6, 6.07) is 0. The van der Waals surface area contributed by atoms with Crippen LogP contribution >= 0.6 is 0 Å². The first-order valence-corrected chi connectivity index (χ1v) is 12.8. The van der Waals surface area contributed by atoms with E-state index in [1.165, 1.54) is 5.57 Å². The first-order chi connectivity index (χ1) is 15.6. The summed E-state index contributed by atoms with van der Waals surface area (Å²) in [5.74, 6) is 3.02. The summed E-state index contributed by atoms with van der Waals surface area (Å²) in [5, 5.41) is 40.5. The number of hydrogen-bond acceptors (Lipinski definition) is 7. The van der Waals surface area contributed by atoms with E-state index in [4.69, 9.17) is 9.47 Å². The predicted molar refractivity (Wildman–Crippen MR) is 120 cm³/mol. The van der Waals surface area contributed by atoms with Gasteiger partial charge in [0.15, 0.2) is 12.1 Å². The number of rotatable bonds is 3. The number of ketones is 1. The summed E-state index contributed by atoms with van der Waals surface area (Å²) >= 11 is 0. The summed E-state index contributed by atoms with van der Waals surface area (Å²) < 4.78 is 12.2. The lowest BCUT2D eigenvalue weighted by Gasteiger charge is -2.58. The van der Waals surface area contributed by atoms with E-state index in [1.807, 2.05) is 6.08 Å². The molecule has 0 aromatic heterocycles. The lowest BCUT2D eigenvalue weighted by Crippen LogP contribution is -2.62. The third-order valence-corrected chi connectivity index (χ3v) is 10.4. The molecule has 5 aliphatic rings. The number of hydrogen-bond donors (Lipinski definition) is 4. The van der Waals surface area contributed by atoms with Gasteiger partial charge in [-0.25, -0.2) is 0 Å². The normalized spacial score (nSPS) is 54.3. The van der Waals surface area contributed by atoms with Crippen LogP contribution in [-0.2, 0) is 14.3 Å². The van der Waals surface area contributed by atoms with Gasteiger partial charge in [-0.3, -0.25) is 4.79 Å². The van der Waals surface area contributed by atoms with Gasteiger partial charge in [0.25, 0.3) is 0 Å². The average molecular weight is 465 g/mol. The van der Waals surface area contributed by atoms with Crippen molar-refractivity contribution in [3.8, 4) is 0 Å². The molecule has 1 saturated heterocycles. The molecular formula is C26H40O7. The maximum absolute atomic E-state index is 12.0. The van der Waals surface area contributed by atoms with Gasteiger partial charge in [0.2, 0.25) is 0 Å². The highest BCUT2D eigenvalue weighted by Gasteiger charge is 2.64. The molecule has 5 rings (SSSR count). The Balaban J connectivity index is 1.38. The van der Waals surface area contributed by atoms with E-state index >= 15 is 0 Å². The molecule has 7 nitrogen and oxygen atoms in total. The van der Waals surface area contributed by atoms with Crippen molar-refractivity contribution in [2.45, 2.75) is 102 Å². The number of ether oxygens (including phenoxy) is 2. The Kier molecular flexibility index (Phi) is 6.07. The topological polar surface area (TPSA) is 116 Å². The predicted octanol–water partition coefficient (Wildman–Crippen LogP) is 1.95. The van der Waals surface area contributed by atoms with Crippen molar-refractivity contribution >= 4 is 5.78 Å². The third-order valence-electron chi connectivity index (χ3n) is 10.4. The Hall–Kier alpha value is -0.830. The molecule has 3 saturated carbocycles. The SMILES string of the molecule is C[C@@H]1CC2=CC(=O)CC[C@@H]2[C@H]2CC[C@@]3(C)[C@@H](CC[C@]3(C)O[C@H]3O[C@@H](CO)[C@H](O)[C@@H](O)[C@@H]3O)[C@@H]21. The van der Waals surface area contributed by atoms with Gasteiger partial charge >= 0.3 is 0 Å². The summed E-state index contributed by atoms with van der Waals surface area (Å²) in [4.78, 5) is 12.0. The maximum Gasteiger partial charge on any atom is 0.187 e. The van der Waals surface area contributed by atoms with Crippen molar-refractivity contribution in [1.29, 1.82) is 0 Å². The second kappa shape index (κ2) is 8.38. The summed E-state index contributed by atoms with van der Waals surface area (Å²) in [5.41, 5.74) is 0.726. The Morgan fingerprint density at radius 3 is 2.58 bits per heavy atom. The average Bonchev–Trinajstić information content (AvgIpc) is 3.04. The first kappa shape index (κ1) is 23.9. The third kappa shape index (κ3) is 3.57. The summed E-state index contributed by atoms with van der Waals surface area (Å²) in [7, 11) is 0.